The minimum Gasteiger partial charge on any atom is -0.480 e. The zero-order valence-electron chi connectivity index (χ0n) is 34.0. The zero-order valence-corrected chi connectivity index (χ0v) is 34.0. The van der Waals surface area contributed by atoms with Crippen LogP contribution in [0.25, 0.3) is 0 Å². The van der Waals surface area contributed by atoms with Gasteiger partial charge in [0, 0.05) is 12.8 Å². The lowest BCUT2D eigenvalue weighted by atomic mass is 10.0. The number of carbonyl (C=O) groups is 4. The highest BCUT2D eigenvalue weighted by Crippen LogP contribution is 2.16. The van der Waals surface area contributed by atoms with Gasteiger partial charge in [-0.2, -0.15) is 0 Å². The van der Waals surface area contributed by atoms with Crippen LogP contribution in [0.1, 0.15) is 206 Å². The second-order valence-corrected chi connectivity index (χ2v) is 14.8. The van der Waals surface area contributed by atoms with Crippen molar-refractivity contribution in [2.75, 3.05) is 13.2 Å². The summed E-state index contributed by atoms with van der Waals surface area (Å²) in [5.41, 5.74) is 0. The van der Waals surface area contributed by atoms with Crippen molar-refractivity contribution in [3.05, 3.63) is 24.3 Å². The van der Waals surface area contributed by atoms with Crippen molar-refractivity contribution in [1.29, 1.82) is 0 Å². The Morgan fingerprint density at radius 2 is 1.08 bits per heavy atom. The molecule has 0 rings (SSSR count). The van der Waals surface area contributed by atoms with Crippen LogP contribution in [-0.2, 0) is 23.9 Å². The summed E-state index contributed by atoms with van der Waals surface area (Å²) in [6.07, 6.45) is 42.3. The van der Waals surface area contributed by atoms with E-state index < -0.39 is 24.5 Å². The lowest BCUT2D eigenvalue weighted by Crippen LogP contribution is -2.47. The van der Waals surface area contributed by atoms with Gasteiger partial charge in [0.2, 0.25) is 11.8 Å². The number of nitrogens with one attached hydrogen (secondary N) is 2. The van der Waals surface area contributed by atoms with Gasteiger partial charge in [-0.15, -0.1) is 0 Å². The first kappa shape index (κ1) is 50.3. The molecular weight excluding hydrogens is 668 g/mol. The molecule has 2 atom stereocenters. The third-order valence-corrected chi connectivity index (χ3v) is 9.69. The van der Waals surface area contributed by atoms with Crippen molar-refractivity contribution in [3.8, 4) is 0 Å². The lowest BCUT2D eigenvalue weighted by Gasteiger charge is -2.15. The Balaban J connectivity index is 4.26. The molecule has 0 aliphatic heterocycles. The Morgan fingerprint density at radius 3 is 1.60 bits per heavy atom. The van der Waals surface area contributed by atoms with E-state index in [0.29, 0.717) is 19.3 Å². The summed E-state index contributed by atoms with van der Waals surface area (Å²) in [6, 6.07) is -1.38. The minimum atomic E-state index is -1.38. The third kappa shape index (κ3) is 36.1. The summed E-state index contributed by atoms with van der Waals surface area (Å²) < 4.78 is 5.93. The number of allylic oxidation sites excluding steroid dienone is 3. The van der Waals surface area contributed by atoms with Gasteiger partial charge in [-0.3, -0.25) is 14.4 Å². The van der Waals surface area contributed by atoms with Crippen molar-refractivity contribution >= 4 is 23.8 Å². The van der Waals surface area contributed by atoms with Crippen molar-refractivity contribution in [3.63, 3.8) is 0 Å². The van der Waals surface area contributed by atoms with E-state index in [0.717, 1.165) is 64.2 Å². The molecule has 0 saturated heterocycles. The van der Waals surface area contributed by atoms with E-state index in [1.807, 2.05) is 0 Å². The van der Waals surface area contributed by atoms with E-state index in [1.165, 1.54) is 109 Å². The number of ether oxygens (including phenoxy) is 1. The minimum absolute atomic E-state index is 0.0910. The molecular formula is C44H80N2O7. The van der Waals surface area contributed by atoms with Gasteiger partial charge in [0.15, 0.2) is 0 Å². The quantitative estimate of drug-likeness (QED) is 0.0278. The fourth-order valence-electron chi connectivity index (χ4n) is 6.31. The summed E-state index contributed by atoms with van der Waals surface area (Å²) in [4.78, 5) is 47.4. The van der Waals surface area contributed by atoms with Crippen molar-refractivity contribution < 1.29 is 34.1 Å². The molecule has 0 aliphatic rings. The van der Waals surface area contributed by atoms with Crippen LogP contribution >= 0.6 is 0 Å². The molecule has 0 spiro atoms. The highest BCUT2D eigenvalue weighted by Gasteiger charge is 2.18. The largest absolute Gasteiger partial charge is 0.480 e. The second kappa shape index (κ2) is 39.0. The Labute approximate surface area is 324 Å². The number of unbranched alkanes of at least 4 members (excludes halogenated alkanes) is 23. The standard InChI is InChI=1S/C44H80N2O7/c1-3-5-7-9-11-13-14-15-16-17-18-20-22-28-32-36-43(50)53-39(33-29-25-21-19-12-10-8-6-4-2)34-30-26-23-24-27-31-35-41(48)45-37-42(49)46-40(38-47)44(51)52/h19,21,29,33,39-40,47H,3-18,20,22-28,30-32,34-38H2,1-2H3,(H,45,48)(H,46,49)(H,51,52)/b21-19-,33-29-. The molecule has 2 unspecified atom stereocenters. The topological polar surface area (TPSA) is 142 Å². The maximum atomic E-state index is 12.7. The van der Waals surface area contributed by atoms with Crippen molar-refractivity contribution in [2.45, 2.75) is 219 Å². The van der Waals surface area contributed by atoms with Gasteiger partial charge in [-0.1, -0.05) is 167 Å². The molecule has 0 aromatic carbocycles. The Hall–Kier alpha value is -2.68. The number of aliphatic hydroxyl groups excluding tert-OH is 1. The first-order valence-electron chi connectivity index (χ1n) is 21.7. The molecule has 9 heteroatoms. The molecule has 0 radical (unpaired) electrons. The molecule has 2 amide bonds. The van der Waals surface area contributed by atoms with Crippen LogP contribution in [0.2, 0.25) is 0 Å². The molecule has 4 N–H and O–H groups in total. The number of rotatable bonds is 39. The Bertz CT molecular complexity index is 952. The number of carboxylic acid groups (broad SMARTS) is 1. The van der Waals surface area contributed by atoms with Crippen LogP contribution in [0.5, 0.6) is 0 Å². The summed E-state index contributed by atoms with van der Waals surface area (Å²) >= 11 is 0. The monoisotopic (exact) mass is 749 g/mol. The van der Waals surface area contributed by atoms with E-state index in [2.05, 4.69) is 48.8 Å². The van der Waals surface area contributed by atoms with Crippen LogP contribution in [0.3, 0.4) is 0 Å². The van der Waals surface area contributed by atoms with Gasteiger partial charge < -0.3 is 25.6 Å². The number of hydrogen-bond donors (Lipinski definition) is 4. The molecule has 0 fully saturated rings. The average Bonchev–Trinajstić information content (AvgIpc) is 3.14. The number of esters is 1. The molecule has 9 nitrogen and oxygen atoms in total. The summed E-state index contributed by atoms with van der Waals surface area (Å²) in [5, 5.41) is 22.5. The Morgan fingerprint density at radius 1 is 0.585 bits per heavy atom. The molecule has 0 saturated carbocycles. The number of aliphatic carboxylic acids is 1. The molecule has 0 bridgehead atoms. The van der Waals surface area contributed by atoms with Crippen LogP contribution in [0, 0.1) is 0 Å². The van der Waals surface area contributed by atoms with Gasteiger partial charge in [0.05, 0.1) is 13.2 Å². The van der Waals surface area contributed by atoms with Gasteiger partial charge in [-0.05, 0) is 51.0 Å². The lowest BCUT2D eigenvalue weighted by molar-refractivity contribution is -0.147. The zero-order chi connectivity index (χ0) is 39.0. The maximum absolute atomic E-state index is 12.7. The number of carbonyl (C=O) groups excluding carboxylic acids is 3. The van der Waals surface area contributed by atoms with Crippen LogP contribution in [0.15, 0.2) is 24.3 Å². The van der Waals surface area contributed by atoms with E-state index in [4.69, 9.17) is 14.9 Å². The molecule has 0 aromatic rings. The summed E-state index contributed by atoms with van der Waals surface area (Å²) in [5.74, 6) is -2.34. The van der Waals surface area contributed by atoms with Gasteiger partial charge in [-0.25, -0.2) is 4.79 Å². The fraction of sp³-hybridized carbons (Fsp3) is 0.818. The van der Waals surface area contributed by atoms with Gasteiger partial charge >= 0.3 is 11.9 Å². The summed E-state index contributed by atoms with van der Waals surface area (Å²) in [6.45, 7) is 3.46. The fourth-order valence-corrected chi connectivity index (χ4v) is 6.31. The van der Waals surface area contributed by atoms with Gasteiger partial charge in [0.25, 0.3) is 0 Å². The molecule has 0 aromatic heterocycles. The van der Waals surface area contributed by atoms with Crippen LogP contribution < -0.4 is 10.6 Å². The van der Waals surface area contributed by atoms with Crippen molar-refractivity contribution in [2.24, 2.45) is 0 Å². The van der Waals surface area contributed by atoms with E-state index in [9.17, 15) is 19.2 Å². The number of aliphatic hydroxyl groups is 1. The average molecular weight is 749 g/mol. The molecule has 308 valence electrons. The van der Waals surface area contributed by atoms with Crippen LogP contribution in [-0.4, -0.2) is 59.3 Å². The first-order chi connectivity index (χ1) is 25.8. The van der Waals surface area contributed by atoms with E-state index in [1.54, 1.807) is 0 Å². The maximum Gasteiger partial charge on any atom is 0.328 e. The highest BCUT2D eigenvalue weighted by atomic mass is 16.5. The van der Waals surface area contributed by atoms with E-state index in [-0.39, 0.29) is 24.5 Å². The molecule has 0 heterocycles. The SMILES string of the molecule is CCCCCC/C=C\C/C=C\C(CCCCCCCCC(=O)NCC(=O)NC(CO)C(=O)O)OC(=O)CCCCCCCCCCCCCCCCC. The smallest absolute Gasteiger partial charge is 0.328 e. The van der Waals surface area contributed by atoms with Crippen LogP contribution in [0.4, 0.5) is 0 Å². The molecule has 53 heavy (non-hydrogen) atoms. The Kier molecular flexibility index (Phi) is 37.1. The number of amides is 2. The third-order valence-electron chi connectivity index (χ3n) is 9.69. The number of carboxylic acids is 1. The predicted molar refractivity (Wildman–Crippen MR) is 218 cm³/mol. The molecule has 0 aliphatic carbocycles. The number of hydrogen-bond acceptors (Lipinski definition) is 6. The second-order valence-electron chi connectivity index (χ2n) is 14.8. The van der Waals surface area contributed by atoms with Gasteiger partial charge in [0.1, 0.15) is 12.1 Å². The van der Waals surface area contributed by atoms with Crippen molar-refractivity contribution in [1.82, 2.24) is 10.6 Å². The predicted octanol–water partition coefficient (Wildman–Crippen LogP) is 10.4. The normalized spacial score (nSPS) is 12.7. The van der Waals surface area contributed by atoms with E-state index >= 15 is 0 Å². The first-order valence-corrected chi connectivity index (χ1v) is 21.7. The summed E-state index contributed by atoms with van der Waals surface area (Å²) in [7, 11) is 0. The highest BCUT2D eigenvalue weighted by molar-refractivity contribution is 5.87.